The van der Waals surface area contributed by atoms with E-state index >= 15 is 0 Å². The molecule has 2 N–H and O–H groups in total. The molecule has 2 heterocycles. The molecule has 0 aromatic heterocycles. The molecule has 1 aliphatic carbocycles. The smallest absolute Gasteiger partial charge is 0.246 e. The molecule has 2 fully saturated rings. The predicted octanol–water partition coefficient (Wildman–Crippen LogP) is 4.31. The van der Waals surface area contributed by atoms with Gasteiger partial charge < -0.3 is 20.1 Å². The molecule has 33 heavy (non-hydrogen) atoms. The Kier molecular flexibility index (Phi) is 6.03. The third-order valence-corrected chi connectivity index (χ3v) is 6.07. The summed E-state index contributed by atoms with van der Waals surface area (Å²) in [5.74, 6) is 1.32. The van der Waals surface area contributed by atoms with E-state index in [1.807, 2.05) is 48.6 Å². The van der Waals surface area contributed by atoms with E-state index in [4.69, 9.17) is 21.1 Å². The first-order valence-corrected chi connectivity index (χ1v) is 11.2. The van der Waals surface area contributed by atoms with Crippen molar-refractivity contribution >= 4 is 29.5 Å². The van der Waals surface area contributed by atoms with E-state index < -0.39 is 0 Å². The third-order valence-electron chi connectivity index (χ3n) is 5.74. The lowest BCUT2D eigenvalue weighted by molar-refractivity contribution is -0.131. The average Bonchev–Trinajstić information content (AvgIpc) is 3.16. The number of hydrogen-bond acceptors (Lipinski definition) is 4. The molecule has 1 unspecified atom stereocenters. The van der Waals surface area contributed by atoms with Gasteiger partial charge in [-0.15, -0.1) is 0 Å². The first-order chi connectivity index (χ1) is 16.0. The number of benzene rings is 2. The molecule has 3 aliphatic rings. The summed E-state index contributed by atoms with van der Waals surface area (Å²) in [6.07, 6.45) is 8.01. The van der Waals surface area contributed by atoms with Crippen LogP contribution < -0.4 is 15.4 Å². The van der Waals surface area contributed by atoms with Crippen LogP contribution in [0, 0.1) is 0 Å². The number of carbonyl (C=O) groups excluding carboxylic acids is 2. The Morgan fingerprint density at radius 1 is 1.09 bits per heavy atom. The number of allylic oxidation sites excluding steroid dienone is 4. The van der Waals surface area contributed by atoms with Crippen LogP contribution in [-0.2, 0) is 20.7 Å². The number of ether oxygens (including phenoxy) is 2. The molecule has 2 amide bonds. The molecule has 5 rings (SSSR count). The lowest BCUT2D eigenvalue weighted by Crippen LogP contribution is -2.46. The van der Waals surface area contributed by atoms with Crippen molar-refractivity contribution in [3.63, 3.8) is 0 Å². The van der Waals surface area contributed by atoms with Gasteiger partial charge in [0.25, 0.3) is 0 Å². The van der Waals surface area contributed by atoms with Crippen LogP contribution >= 0.6 is 11.6 Å². The molecule has 7 heteroatoms. The second kappa shape index (κ2) is 9.25. The zero-order chi connectivity index (χ0) is 22.8. The number of rotatable bonds is 5. The van der Waals surface area contributed by atoms with E-state index in [2.05, 4.69) is 16.7 Å². The number of amides is 2. The van der Waals surface area contributed by atoms with E-state index in [9.17, 15) is 9.59 Å². The molecule has 2 aromatic carbocycles. The Morgan fingerprint density at radius 2 is 1.91 bits per heavy atom. The van der Waals surface area contributed by atoms with Crippen molar-refractivity contribution in [3.05, 3.63) is 87.6 Å². The summed E-state index contributed by atoms with van der Waals surface area (Å²) in [6, 6.07) is 13.4. The van der Waals surface area contributed by atoms with Crippen molar-refractivity contribution in [2.45, 2.75) is 25.3 Å². The van der Waals surface area contributed by atoms with E-state index in [1.165, 1.54) is 0 Å². The zero-order valence-corrected chi connectivity index (χ0v) is 18.7. The molecule has 0 radical (unpaired) electrons. The molecular weight excluding hydrogens is 440 g/mol. The summed E-state index contributed by atoms with van der Waals surface area (Å²) in [7, 11) is 0. The minimum Gasteiger partial charge on any atom is -0.457 e. The summed E-state index contributed by atoms with van der Waals surface area (Å²) in [6.45, 7) is 0.657. The van der Waals surface area contributed by atoms with Gasteiger partial charge in [-0.1, -0.05) is 35.9 Å². The van der Waals surface area contributed by atoms with Crippen LogP contribution in [0.15, 0.2) is 71.5 Å². The average molecular weight is 463 g/mol. The maximum absolute atomic E-state index is 11.6. The number of fused-ring (bicyclic) bond motifs is 1. The summed E-state index contributed by atoms with van der Waals surface area (Å²) in [5, 5.41) is 6.40. The molecule has 0 saturated carbocycles. The third kappa shape index (κ3) is 5.18. The fourth-order valence-electron chi connectivity index (χ4n) is 4.17. The van der Waals surface area contributed by atoms with E-state index in [-0.39, 0.29) is 24.5 Å². The number of morpholine rings is 1. The SMILES string of the molecule is O=C1CC2=CC(=Cc3ccc(Oc4ccc(CC5COCC(=O)N5)cc4)cc3Cl)CC=C2N1. The monoisotopic (exact) mass is 462 g/mol. The number of hydrogen-bond donors (Lipinski definition) is 2. The minimum absolute atomic E-state index is 0.00852. The molecule has 0 spiro atoms. The van der Waals surface area contributed by atoms with Gasteiger partial charge in [-0.3, -0.25) is 9.59 Å². The summed E-state index contributed by atoms with van der Waals surface area (Å²) in [5.41, 5.74) is 5.05. The molecule has 2 aromatic rings. The number of carbonyl (C=O) groups is 2. The van der Waals surface area contributed by atoms with Crippen molar-refractivity contribution in [1.82, 2.24) is 10.6 Å². The van der Waals surface area contributed by atoms with Crippen LogP contribution in [0.3, 0.4) is 0 Å². The van der Waals surface area contributed by atoms with Crippen molar-refractivity contribution in [3.8, 4) is 11.5 Å². The molecule has 168 valence electrons. The van der Waals surface area contributed by atoms with Crippen molar-refractivity contribution in [1.29, 1.82) is 0 Å². The van der Waals surface area contributed by atoms with Crippen LogP contribution in [0.1, 0.15) is 24.0 Å². The molecule has 1 atom stereocenters. The fraction of sp³-hybridized carbons (Fsp3) is 0.231. The quantitative estimate of drug-likeness (QED) is 0.694. The van der Waals surface area contributed by atoms with Gasteiger partial charge in [0.1, 0.15) is 18.1 Å². The van der Waals surface area contributed by atoms with Gasteiger partial charge in [-0.25, -0.2) is 0 Å². The van der Waals surface area contributed by atoms with E-state index in [1.54, 1.807) is 6.07 Å². The van der Waals surface area contributed by atoms with Crippen molar-refractivity contribution in [2.75, 3.05) is 13.2 Å². The van der Waals surface area contributed by atoms with Crippen LogP contribution in [0.2, 0.25) is 5.02 Å². The number of halogens is 1. The van der Waals surface area contributed by atoms with E-state index in [0.29, 0.717) is 36.0 Å². The maximum atomic E-state index is 11.6. The summed E-state index contributed by atoms with van der Waals surface area (Å²) in [4.78, 5) is 23.0. The Hall–Kier alpha value is -3.35. The highest BCUT2D eigenvalue weighted by atomic mass is 35.5. The topological polar surface area (TPSA) is 76.7 Å². The lowest BCUT2D eigenvalue weighted by Gasteiger charge is -2.23. The standard InChI is InChI=1S/C26H23ClN2O4/c27-23-13-22(7-4-18(23)9-17-3-8-24-19(10-17)12-25(30)29-24)33-21-5-1-16(2-6-21)11-20-14-32-15-26(31)28-20/h1-2,4-10,13,20H,3,11-12,14-15H2,(H,28,31)(H,29,30). The summed E-state index contributed by atoms with van der Waals surface area (Å²) >= 11 is 6.52. The van der Waals surface area contributed by atoms with Gasteiger partial charge >= 0.3 is 0 Å². The molecule has 2 aliphatic heterocycles. The van der Waals surface area contributed by atoms with Gasteiger partial charge in [0.15, 0.2) is 0 Å². The second-order valence-electron chi connectivity index (χ2n) is 8.35. The first-order valence-electron chi connectivity index (χ1n) is 10.9. The van der Waals surface area contributed by atoms with Gasteiger partial charge in [0.05, 0.1) is 24.1 Å². The van der Waals surface area contributed by atoms with Crippen LogP contribution in [0.5, 0.6) is 11.5 Å². The Balaban J connectivity index is 1.23. The molecule has 6 nitrogen and oxygen atoms in total. The Labute approximate surface area is 196 Å². The van der Waals surface area contributed by atoms with E-state index in [0.717, 1.165) is 34.4 Å². The van der Waals surface area contributed by atoms with Crippen LogP contribution in [0.4, 0.5) is 0 Å². The summed E-state index contributed by atoms with van der Waals surface area (Å²) < 4.78 is 11.3. The Morgan fingerprint density at radius 3 is 2.70 bits per heavy atom. The van der Waals surface area contributed by atoms with Gasteiger partial charge in [-0.2, -0.15) is 0 Å². The van der Waals surface area contributed by atoms with Gasteiger partial charge in [0.2, 0.25) is 11.8 Å². The normalized spacial score (nSPS) is 21.1. The van der Waals surface area contributed by atoms with Gasteiger partial charge in [0, 0.05) is 5.70 Å². The fourth-order valence-corrected chi connectivity index (χ4v) is 4.40. The van der Waals surface area contributed by atoms with Crippen LogP contribution in [-0.4, -0.2) is 31.1 Å². The zero-order valence-electron chi connectivity index (χ0n) is 17.9. The molecular formula is C26H23ClN2O4. The predicted molar refractivity (Wildman–Crippen MR) is 126 cm³/mol. The minimum atomic E-state index is -0.0748. The largest absolute Gasteiger partial charge is 0.457 e. The molecule has 0 bridgehead atoms. The lowest BCUT2D eigenvalue weighted by atomic mass is 9.97. The Bertz CT molecular complexity index is 1200. The highest BCUT2D eigenvalue weighted by molar-refractivity contribution is 6.32. The van der Waals surface area contributed by atoms with Crippen molar-refractivity contribution in [2.24, 2.45) is 0 Å². The second-order valence-corrected chi connectivity index (χ2v) is 8.76. The van der Waals surface area contributed by atoms with Crippen molar-refractivity contribution < 1.29 is 19.1 Å². The van der Waals surface area contributed by atoms with Gasteiger partial charge in [-0.05, 0) is 71.5 Å². The first kappa shape index (κ1) is 21.5. The maximum Gasteiger partial charge on any atom is 0.246 e. The highest BCUT2D eigenvalue weighted by Crippen LogP contribution is 2.32. The van der Waals surface area contributed by atoms with Crippen LogP contribution in [0.25, 0.3) is 6.08 Å². The number of nitrogens with one attached hydrogen (secondary N) is 2. The molecule has 2 saturated heterocycles. The highest BCUT2D eigenvalue weighted by Gasteiger charge is 2.23.